The van der Waals surface area contributed by atoms with Gasteiger partial charge < -0.3 is 10.1 Å². The van der Waals surface area contributed by atoms with Crippen LogP contribution in [0.25, 0.3) is 0 Å². The van der Waals surface area contributed by atoms with Gasteiger partial charge in [-0.3, -0.25) is 4.79 Å². The van der Waals surface area contributed by atoms with Gasteiger partial charge in [0, 0.05) is 5.01 Å². The number of hydrogen-bond donors (Lipinski definition) is 2. The van der Waals surface area contributed by atoms with Gasteiger partial charge in [-0.25, -0.2) is 4.39 Å². The fourth-order valence-electron chi connectivity index (χ4n) is 3.36. The molecule has 0 aliphatic carbocycles. The lowest BCUT2D eigenvalue weighted by Gasteiger charge is -2.31. The van der Waals surface area contributed by atoms with E-state index < -0.39 is 0 Å². The maximum atomic E-state index is 13.8. The van der Waals surface area contributed by atoms with Gasteiger partial charge in [-0.2, -0.15) is 4.99 Å². The standard InChI is InChI=1S/C19H15FN4O2S/c20-13-3-1-2-11(8-13)17-18(27-19-21-6-7-24(19)23-17)12-4-5-15-14(9-12)22-16(25)10-26-15/h1-9,17-18,23H,10H2,(H,22,25)/q+1. The number of amides is 1. The summed E-state index contributed by atoms with van der Waals surface area (Å²) in [5.74, 6) is 0.197. The normalized spacial score (nSPS) is 23.9. The van der Waals surface area contributed by atoms with Gasteiger partial charge in [0.05, 0.1) is 17.1 Å². The number of nitrogens with one attached hydrogen (secondary N) is 2. The number of rotatable bonds is 2. The van der Waals surface area contributed by atoms with Crippen LogP contribution < -0.4 is 20.5 Å². The monoisotopic (exact) mass is 382 g/mol. The van der Waals surface area contributed by atoms with Crippen LogP contribution in [0.4, 0.5) is 10.1 Å². The van der Waals surface area contributed by atoms with E-state index in [0.29, 0.717) is 11.4 Å². The van der Waals surface area contributed by atoms with E-state index in [4.69, 9.17) is 4.74 Å². The highest BCUT2D eigenvalue weighted by atomic mass is 32.2. The lowest BCUT2D eigenvalue weighted by Crippen LogP contribution is -2.49. The molecule has 2 atom stereocenters. The van der Waals surface area contributed by atoms with Gasteiger partial charge in [0.1, 0.15) is 17.6 Å². The molecule has 135 valence electrons. The Labute approximate surface area is 159 Å². The van der Waals surface area contributed by atoms with E-state index in [9.17, 15) is 9.18 Å². The second kappa shape index (κ2) is 6.49. The number of aliphatic imine (C=N–C) groups is 1. The first-order valence-corrected chi connectivity index (χ1v) is 9.34. The summed E-state index contributed by atoms with van der Waals surface area (Å²) in [5, 5.41) is 5.45. The lowest BCUT2D eigenvalue weighted by atomic mass is 9.97. The van der Waals surface area contributed by atoms with Crippen molar-refractivity contribution in [1.82, 2.24) is 10.4 Å². The second-order valence-electron chi connectivity index (χ2n) is 6.37. The quantitative estimate of drug-likeness (QED) is 0.783. The van der Waals surface area contributed by atoms with E-state index in [0.717, 1.165) is 16.3 Å². The highest BCUT2D eigenvalue weighted by Crippen LogP contribution is 2.46. The summed E-state index contributed by atoms with van der Waals surface area (Å²) in [4.78, 5) is 16.0. The summed E-state index contributed by atoms with van der Waals surface area (Å²) in [6.07, 6.45) is 3.56. The molecule has 1 radical (unpaired) electrons. The minimum Gasteiger partial charge on any atom is -0.482 e. The third-order valence-electron chi connectivity index (χ3n) is 4.59. The molecule has 5 rings (SSSR count). The van der Waals surface area contributed by atoms with E-state index >= 15 is 0 Å². The number of fused-ring (bicyclic) bond motifs is 2. The fourth-order valence-corrected chi connectivity index (χ4v) is 4.57. The molecule has 0 aromatic heterocycles. The van der Waals surface area contributed by atoms with Crippen LogP contribution >= 0.6 is 11.8 Å². The molecule has 1 fully saturated rings. The van der Waals surface area contributed by atoms with Crippen LogP contribution in [-0.2, 0) is 4.79 Å². The summed E-state index contributed by atoms with van der Waals surface area (Å²) in [6, 6.07) is 12.1. The van der Waals surface area contributed by atoms with Gasteiger partial charge in [0.15, 0.2) is 12.8 Å². The molecule has 3 aliphatic rings. The average molecular weight is 382 g/mol. The number of carbonyl (C=O) groups excluding carboxylic acids is 1. The van der Waals surface area contributed by atoms with Gasteiger partial charge in [-0.1, -0.05) is 23.6 Å². The third kappa shape index (κ3) is 3.01. The molecule has 0 bridgehead atoms. The van der Waals surface area contributed by atoms with E-state index in [1.54, 1.807) is 24.0 Å². The van der Waals surface area contributed by atoms with Crippen molar-refractivity contribution in [2.24, 2.45) is 4.99 Å². The Morgan fingerprint density at radius 1 is 1.22 bits per heavy atom. The van der Waals surface area contributed by atoms with Crippen LogP contribution in [0, 0.1) is 5.82 Å². The molecule has 3 aliphatic heterocycles. The number of thioether (sulfide) groups is 1. The molecule has 8 heteroatoms. The smallest absolute Gasteiger partial charge is 0.341 e. The molecule has 6 nitrogen and oxygen atoms in total. The average Bonchev–Trinajstić information content (AvgIpc) is 3.14. The number of anilines is 1. The van der Waals surface area contributed by atoms with E-state index in [2.05, 4.69) is 15.7 Å². The molecule has 0 saturated carbocycles. The molecule has 1 saturated heterocycles. The van der Waals surface area contributed by atoms with Crippen LogP contribution in [0.5, 0.6) is 5.75 Å². The Morgan fingerprint density at radius 2 is 2.15 bits per heavy atom. The molecular formula is C19H15FN4O2S+. The Hall–Kier alpha value is -2.68. The Balaban J connectivity index is 1.55. The summed E-state index contributed by atoms with van der Waals surface area (Å²) in [6.45, 7) is 0.0232. The van der Waals surface area contributed by atoms with Crippen LogP contribution in [0.15, 0.2) is 59.9 Å². The molecule has 3 heterocycles. The number of halogens is 1. The van der Waals surface area contributed by atoms with Crippen LogP contribution in [0.3, 0.4) is 0 Å². The highest BCUT2D eigenvalue weighted by Gasteiger charge is 2.44. The summed E-state index contributed by atoms with van der Waals surface area (Å²) < 4.78 is 19.3. The maximum Gasteiger partial charge on any atom is 0.341 e. The molecule has 1 amide bonds. The minimum absolute atomic E-state index is 0.0232. The number of hydrogen-bond acceptors (Lipinski definition) is 6. The number of nitrogens with zero attached hydrogens (tertiary/aromatic N) is 2. The maximum absolute atomic E-state index is 13.8. The van der Waals surface area contributed by atoms with Gasteiger partial charge in [-0.05, 0) is 47.2 Å². The predicted molar refractivity (Wildman–Crippen MR) is 102 cm³/mol. The molecule has 27 heavy (non-hydrogen) atoms. The first-order valence-electron chi connectivity index (χ1n) is 8.46. The van der Waals surface area contributed by atoms with E-state index in [1.165, 1.54) is 12.1 Å². The molecule has 0 spiro atoms. The molecule has 2 aromatic carbocycles. The van der Waals surface area contributed by atoms with Crippen molar-refractivity contribution in [1.29, 1.82) is 0 Å². The molecular weight excluding hydrogens is 367 g/mol. The van der Waals surface area contributed by atoms with E-state index in [1.807, 2.05) is 35.5 Å². The summed E-state index contributed by atoms with van der Waals surface area (Å²) >= 11 is 1.59. The number of hydrazine groups is 1. The van der Waals surface area contributed by atoms with Gasteiger partial charge in [-0.15, -0.1) is 0 Å². The Morgan fingerprint density at radius 3 is 3.04 bits per heavy atom. The second-order valence-corrected chi connectivity index (χ2v) is 7.48. The first kappa shape index (κ1) is 16.5. The minimum atomic E-state index is -0.277. The Kier molecular flexibility index (Phi) is 3.96. The van der Waals surface area contributed by atoms with Crippen LogP contribution in [0.1, 0.15) is 22.4 Å². The third-order valence-corrected chi connectivity index (χ3v) is 5.90. The van der Waals surface area contributed by atoms with Crippen molar-refractivity contribution in [3.8, 4) is 5.75 Å². The number of benzene rings is 2. The number of ether oxygens (including phenoxy) is 1. The largest absolute Gasteiger partial charge is 0.482 e. The van der Waals surface area contributed by atoms with Gasteiger partial charge >= 0.3 is 5.17 Å². The van der Waals surface area contributed by atoms with Crippen LogP contribution in [0.2, 0.25) is 0 Å². The zero-order valence-electron chi connectivity index (χ0n) is 14.1. The summed E-state index contributed by atoms with van der Waals surface area (Å²) in [5.41, 5.74) is 5.88. The fraction of sp³-hybridized carbons (Fsp3) is 0.158. The van der Waals surface area contributed by atoms with Crippen molar-refractivity contribution in [2.75, 3.05) is 11.9 Å². The molecule has 2 unspecified atom stereocenters. The molecule has 2 N–H and O–H groups in total. The zero-order valence-corrected chi connectivity index (χ0v) is 14.9. The number of amidine groups is 1. The first-order chi connectivity index (χ1) is 13.2. The predicted octanol–water partition coefficient (Wildman–Crippen LogP) is 3.17. The zero-order chi connectivity index (χ0) is 18.4. The van der Waals surface area contributed by atoms with Crippen molar-refractivity contribution in [3.05, 3.63) is 71.8 Å². The van der Waals surface area contributed by atoms with Gasteiger partial charge in [0.2, 0.25) is 0 Å². The van der Waals surface area contributed by atoms with Crippen LogP contribution in [-0.4, -0.2) is 17.7 Å². The molecule has 2 aromatic rings. The van der Waals surface area contributed by atoms with Crippen molar-refractivity contribution in [2.45, 2.75) is 11.3 Å². The van der Waals surface area contributed by atoms with Crippen molar-refractivity contribution in [3.63, 3.8) is 0 Å². The number of carbonyl (C=O) groups is 1. The van der Waals surface area contributed by atoms with E-state index in [-0.39, 0.29) is 29.6 Å². The van der Waals surface area contributed by atoms with Gasteiger partial charge in [0.25, 0.3) is 5.91 Å². The SMILES string of the molecule is O=C1COc2ccc(C3SC4=NC=C[N+]4NC3c3cccc(F)c3)cc2N1. The highest BCUT2D eigenvalue weighted by molar-refractivity contribution is 8.14. The van der Waals surface area contributed by atoms with Crippen molar-refractivity contribution < 1.29 is 13.9 Å². The Bertz CT molecular complexity index is 993. The topological polar surface area (TPSA) is 68.6 Å². The summed E-state index contributed by atoms with van der Waals surface area (Å²) in [7, 11) is 0. The lowest BCUT2D eigenvalue weighted by molar-refractivity contribution is -0.118. The van der Waals surface area contributed by atoms with Crippen molar-refractivity contribution >= 4 is 28.5 Å².